The lowest BCUT2D eigenvalue weighted by Gasteiger charge is -2.12. The highest BCUT2D eigenvalue weighted by atomic mass is 16.3. The molecule has 1 rings (SSSR count). The lowest BCUT2D eigenvalue weighted by molar-refractivity contribution is 0.264. The molecule has 1 atom stereocenters. The molecule has 106 valence electrons. The number of aliphatic hydroxyl groups is 1. The van der Waals surface area contributed by atoms with Crippen LogP contribution < -0.4 is 5.73 Å². The van der Waals surface area contributed by atoms with E-state index in [1.807, 2.05) is 18.2 Å². The van der Waals surface area contributed by atoms with Crippen LogP contribution in [0.2, 0.25) is 0 Å². The zero-order valence-corrected chi connectivity index (χ0v) is 12.0. The predicted molar refractivity (Wildman–Crippen MR) is 82.9 cm³/mol. The first-order valence-electron chi connectivity index (χ1n) is 7.37. The molecule has 0 radical (unpaired) electrons. The van der Waals surface area contributed by atoms with Crippen molar-refractivity contribution in [1.29, 1.82) is 0 Å². The minimum Gasteiger partial charge on any atom is -0.395 e. The van der Waals surface area contributed by atoms with Crippen LogP contribution in [-0.4, -0.2) is 17.8 Å². The molecule has 0 aliphatic heterocycles. The summed E-state index contributed by atoms with van der Waals surface area (Å²) in [6.07, 6.45) is 9.14. The first kappa shape index (κ1) is 15.9. The summed E-state index contributed by atoms with van der Waals surface area (Å²) >= 11 is 0. The molecular formula is C17H27NO. The predicted octanol–water partition coefficient (Wildman–Crippen LogP) is 3.75. The Morgan fingerprint density at radius 2 is 1.95 bits per heavy atom. The number of benzene rings is 1. The van der Waals surface area contributed by atoms with Gasteiger partial charge in [0, 0.05) is 6.04 Å². The third-order valence-corrected chi connectivity index (χ3v) is 3.28. The van der Waals surface area contributed by atoms with Gasteiger partial charge in [-0.3, -0.25) is 0 Å². The quantitative estimate of drug-likeness (QED) is 0.665. The lowest BCUT2D eigenvalue weighted by Crippen LogP contribution is -2.24. The van der Waals surface area contributed by atoms with E-state index in [1.165, 1.54) is 36.8 Å². The summed E-state index contributed by atoms with van der Waals surface area (Å²) in [6, 6.07) is 10.2. The molecule has 0 aromatic heterocycles. The van der Waals surface area contributed by atoms with Crippen LogP contribution in [-0.2, 0) is 0 Å². The molecule has 0 amide bonds. The first-order chi connectivity index (χ1) is 9.26. The van der Waals surface area contributed by atoms with Crippen LogP contribution >= 0.6 is 0 Å². The summed E-state index contributed by atoms with van der Waals surface area (Å²) in [7, 11) is 0. The van der Waals surface area contributed by atoms with E-state index >= 15 is 0 Å². The molecule has 0 saturated heterocycles. The van der Waals surface area contributed by atoms with Crippen LogP contribution in [0.4, 0.5) is 0 Å². The molecule has 3 N–H and O–H groups in total. The van der Waals surface area contributed by atoms with E-state index in [0.29, 0.717) is 0 Å². The number of hydrogen-bond donors (Lipinski definition) is 2. The highest BCUT2D eigenvalue weighted by Gasteiger charge is 2.05. The summed E-state index contributed by atoms with van der Waals surface area (Å²) in [5.41, 5.74) is 8.44. The number of rotatable bonds is 9. The van der Waals surface area contributed by atoms with Gasteiger partial charge in [-0.25, -0.2) is 0 Å². The lowest BCUT2D eigenvalue weighted by atomic mass is 9.98. The van der Waals surface area contributed by atoms with Crippen LogP contribution in [0.25, 0.3) is 6.08 Å². The zero-order valence-electron chi connectivity index (χ0n) is 12.0. The van der Waals surface area contributed by atoms with Gasteiger partial charge in [-0.2, -0.15) is 0 Å². The summed E-state index contributed by atoms with van der Waals surface area (Å²) < 4.78 is 0. The van der Waals surface area contributed by atoms with Crippen LogP contribution in [0, 0.1) is 0 Å². The summed E-state index contributed by atoms with van der Waals surface area (Å²) in [6.45, 7) is 2.28. The van der Waals surface area contributed by atoms with Crippen molar-refractivity contribution in [3.8, 4) is 0 Å². The maximum Gasteiger partial charge on any atom is 0.0585 e. The SMILES string of the molecule is CCCCCC/C(=C\c1ccccc1)CC(N)CO. The minimum absolute atomic E-state index is 0.0566. The van der Waals surface area contributed by atoms with E-state index in [-0.39, 0.29) is 12.6 Å². The summed E-state index contributed by atoms with van der Waals surface area (Å²) in [5.74, 6) is 0. The van der Waals surface area contributed by atoms with Crippen LogP contribution in [0.1, 0.15) is 51.0 Å². The Morgan fingerprint density at radius 3 is 2.58 bits per heavy atom. The topological polar surface area (TPSA) is 46.2 Å². The highest BCUT2D eigenvalue weighted by Crippen LogP contribution is 2.18. The van der Waals surface area contributed by atoms with Gasteiger partial charge in [0.1, 0.15) is 0 Å². The molecule has 0 aliphatic carbocycles. The normalized spacial score (nSPS) is 13.5. The van der Waals surface area contributed by atoms with E-state index < -0.39 is 0 Å². The number of unbranched alkanes of at least 4 members (excludes halogenated alkanes) is 3. The summed E-state index contributed by atoms with van der Waals surface area (Å²) in [5, 5.41) is 9.11. The Labute approximate surface area is 117 Å². The van der Waals surface area contributed by atoms with Crippen molar-refractivity contribution in [3.05, 3.63) is 41.5 Å². The van der Waals surface area contributed by atoms with Gasteiger partial charge in [-0.05, 0) is 24.8 Å². The van der Waals surface area contributed by atoms with Crippen LogP contribution in [0.15, 0.2) is 35.9 Å². The van der Waals surface area contributed by atoms with Gasteiger partial charge in [-0.15, -0.1) is 0 Å². The highest BCUT2D eigenvalue weighted by molar-refractivity contribution is 5.52. The van der Waals surface area contributed by atoms with Gasteiger partial charge in [0.15, 0.2) is 0 Å². The van der Waals surface area contributed by atoms with Crippen molar-refractivity contribution in [2.75, 3.05) is 6.61 Å². The van der Waals surface area contributed by atoms with Crippen molar-refractivity contribution in [1.82, 2.24) is 0 Å². The molecule has 0 fully saturated rings. The molecule has 1 aromatic rings. The van der Waals surface area contributed by atoms with E-state index in [2.05, 4.69) is 25.1 Å². The average Bonchev–Trinajstić information content (AvgIpc) is 2.44. The standard InChI is InChI=1S/C17H27NO/c1-2-3-4-6-11-16(13-17(18)14-19)12-15-9-7-5-8-10-15/h5,7-10,12,17,19H,2-4,6,11,13-14,18H2,1H3/b16-12+. The molecule has 0 aliphatic rings. The molecule has 0 spiro atoms. The monoisotopic (exact) mass is 261 g/mol. The van der Waals surface area contributed by atoms with E-state index in [0.717, 1.165) is 12.8 Å². The van der Waals surface area contributed by atoms with Crippen molar-refractivity contribution >= 4 is 6.08 Å². The fourth-order valence-corrected chi connectivity index (χ4v) is 2.20. The minimum atomic E-state index is -0.138. The third kappa shape index (κ3) is 7.14. The van der Waals surface area contributed by atoms with Crippen molar-refractivity contribution in [3.63, 3.8) is 0 Å². The maximum absolute atomic E-state index is 9.11. The third-order valence-electron chi connectivity index (χ3n) is 3.28. The van der Waals surface area contributed by atoms with Gasteiger partial charge < -0.3 is 10.8 Å². The average molecular weight is 261 g/mol. The molecule has 1 aromatic carbocycles. The second-order valence-electron chi connectivity index (χ2n) is 5.17. The number of nitrogens with two attached hydrogens (primary N) is 1. The van der Waals surface area contributed by atoms with Crippen molar-refractivity contribution in [2.45, 2.75) is 51.5 Å². The van der Waals surface area contributed by atoms with Gasteiger partial charge in [0.25, 0.3) is 0 Å². The van der Waals surface area contributed by atoms with Crippen molar-refractivity contribution in [2.24, 2.45) is 5.73 Å². The Kier molecular flexibility index (Phi) is 8.19. The molecule has 0 bridgehead atoms. The molecule has 2 nitrogen and oxygen atoms in total. The molecule has 1 unspecified atom stereocenters. The number of aliphatic hydroxyl groups excluding tert-OH is 1. The Hall–Kier alpha value is -1.12. The fraction of sp³-hybridized carbons (Fsp3) is 0.529. The van der Waals surface area contributed by atoms with Gasteiger partial charge >= 0.3 is 0 Å². The molecule has 0 heterocycles. The maximum atomic E-state index is 9.11. The Bertz CT molecular complexity index is 359. The molecule has 0 saturated carbocycles. The Balaban J connectivity index is 2.60. The zero-order chi connectivity index (χ0) is 13.9. The van der Waals surface area contributed by atoms with Crippen LogP contribution in [0.3, 0.4) is 0 Å². The van der Waals surface area contributed by atoms with Crippen molar-refractivity contribution < 1.29 is 5.11 Å². The summed E-state index contributed by atoms with van der Waals surface area (Å²) in [4.78, 5) is 0. The Morgan fingerprint density at radius 1 is 1.21 bits per heavy atom. The van der Waals surface area contributed by atoms with E-state index in [1.54, 1.807) is 0 Å². The first-order valence-corrected chi connectivity index (χ1v) is 7.37. The largest absolute Gasteiger partial charge is 0.395 e. The number of hydrogen-bond acceptors (Lipinski definition) is 2. The van der Waals surface area contributed by atoms with Crippen LogP contribution in [0.5, 0.6) is 0 Å². The molecule has 2 heteroatoms. The second-order valence-corrected chi connectivity index (χ2v) is 5.17. The smallest absolute Gasteiger partial charge is 0.0585 e. The van der Waals surface area contributed by atoms with E-state index in [4.69, 9.17) is 10.8 Å². The second kappa shape index (κ2) is 9.76. The van der Waals surface area contributed by atoms with E-state index in [9.17, 15) is 0 Å². The molecular weight excluding hydrogens is 234 g/mol. The van der Waals surface area contributed by atoms with Gasteiger partial charge in [-0.1, -0.05) is 68.2 Å². The molecule has 19 heavy (non-hydrogen) atoms. The van der Waals surface area contributed by atoms with Gasteiger partial charge in [0.05, 0.1) is 6.61 Å². The van der Waals surface area contributed by atoms with Gasteiger partial charge in [0.2, 0.25) is 0 Å². The fourth-order valence-electron chi connectivity index (χ4n) is 2.20.